The summed E-state index contributed by atoms with van der Waals surface area (Å²) in [5.74, 6) is 0.593. The normalized spacial score (nSPS) is 12.3. The molecular formula is C23H40O2. The Morgan fingerprint density at radius 2 is 1.36 bits per heavy atom. The Balaban J connectivity index is 3.56. The predicted molar refractivity (Wildman–Crippen MR) is 109 cm³/mol. The largest absolute Gasteiger partial charge is 0.299 e. The first-order valence-corrected chi connectivity index (χ1v) is 10.3. The second-order valence-corrected chi connectivity index (χ2v) is 8.04. The zero-order valence-electron chi connectivity index (χ0n) is 17.1. The van der Waals surface area contributed by atoms with Gasteiger partial charge >= 0.3 is 0 Å². The van der Waals surface area contributed by atoms with Crippen molar-refractivity contribution >= 4 is 11.6 Å². The lowest BCUT2D eigenvalue weighted by molar-refractivity contribution is -0.126. The molecule has 0 rings (SSSR count). The van der Waals surface area contributed by atoms with Crippen molar-refractivity contribution in [1.82, 2.24) is 0 Å². The molecule has 0 aromatic carbocycles. The average molecular weight is 349 g/mol. The van der Waals surface area contributed by atoms with Crippen LogP contribution in [-0.4, -0.2) is 11.6 Å². The van der Waals surface area contributed by atoms with Crippen molar-refractivity contribution in [3.8, 4) is 0 Å². The van der Waals surface area contributed by atoms with Crippen LogP contribution in [0.15, 0.2) is 24.3 Å². The van der Waals surface area contributed by atoms with Gasteiger partial charge in [0.2, 0.25) is 0 Å². The first-order chi connectivity index (χ1) is 11.9. The van der Waals surface area contributed by atoms with Crippen LogP contribution in [-0.2, 0) is 9.59 Å². The second-order valence-electron chi connectivity index (χ2n) is 8.04. The van der Waals surface area contributed by atoms with Gasteiger partial charge in [-0.2, -0.15) is 0 Å². The van der Waals surface area contributed by atoms with E-state index >= 15 is 0 Å². The standard InChI is InChI=1S/C23H40O2/c1-5-6-7-8-12-15-18-21(24)19-16-13-10-9-11-14-17-20-22(25)23(2,3)4/h10,13,16,19H,5-9,11-12,14-15,17-18,20H2,1-4H3. The Kier molecular flexibility index (Phi) is 14.4. The third-order valence-electron chi connectivity index (χ3n) is 4.42. The van der Waals surface area contributed by atoms with E-state index in [0.717, 1.165) is 32.1 Å². The Labute approximate surface area is 156 Å². The fourth-order valence-electron chi connectivity index (χ4n) is 2.60. The third-order valence-corrected chi connectivity index (χ3v) is 4.42. The van der Waals surface area contributed by atoms with Gasteiger partial charge in [0.15, 0.2) is 5.78 Å². The van der Waals surface area contributed by atoms with Gasteiger partial charge in [-0.25, -0.2) is 0 Å². The van der Waals surface area contributed by atoms with E-state index in [9.17, 15) is 9.59 Å². The van der Waals surface area contributed by atoms with Crippen LogP contribution >= 0.6 is 0 Å². The van der Waals surface area contributed by atoms with Gasteiger partial charge in [-0.15, -0.1) is 0 Å². The lowest BCUT2D eigenvalue weighted by Gasteiger charge is -2.15. The molecule has 0 unspecified atom stereocenters. The summed E-state index contributed by atoms with van der Waals surface area (Å²) in [6.07, 6.45) is 20.5. The zero-order chi connectivity index (χ0) is 19.0. The molecule has 0 aromatic rings. The van der Waals surface area contributed by atoms with Crippen molar-refractivity contribution in [2.75, 3.05) is 0 Å². The Bertz CT molecular complexity index is 410. The molecule has 0 bridgehead atoms. The molecule has 0 fully saturated rings. The molecule has 0 spiro atoms. The summed E-state index contributed by atoms with van der Waals surface area (Å²) < 4.78 is 0. The topological polar surface area (TPSA) is 34.1 Å². The fraction of sp³-hybridized carbons (Fsp3) is 0.739. The summed E-state index contributed by atoms with van der Waals surface area (Å²) in [6.45, 7) is 8.17. The minimum absolute atomic E-state index is 0.202. The number of carbonyl (C=O) groups is 2. The summed E-state index contributed by atoms with van der Waals surface area (Å²) in [6, 6.07) is 0. The molecule has 2 heteroatoms. The molecule has 0 radical (unpaired) electrons. The predicted octanol–water partition coefficient (Wildman–Crippen LogP) is 6.98. The summed E-state index contributed by atoms with van der Waals surface area (Å²) in [7, 11) is 0. The SMILES string of the molecule is CCCCCCCCC(=O)C=CC=CCCCCCC(=O)C(C)(C)C. The molecule has 25 heavy (non-hydrogen) atoms. The second kappa shape index (κ2) is 15.1. The molecule has 0 amide bonds. The summed E-state index contributed by atoms with van der Waals surface area (Å²) in [4.78, 5) is 23.5. The van der Waals surface area contributed by atoms with Crippen molar-refractivity contribution < 1.29 is 9.59 Å². The Morgan fingerprint density at radius 1 is 0.760 bits per heavy atom. The maximum atomic E-state index is 11.8. The van der Waals surface area contributed by atoms with E-state index in [4.69, 9.17) is 0 Å². The highest BCUT2D eigenvalue weighted by Crippen LogP contribution is 2.18. The van der Waals surface area contributed by atoms with Crippen molar-refractivity contribution in [2.24, 2.45) is 5.41 Å². The maximum absolute atomic E-state index is 11.8. The van der Waals surface area contributed by atoms with E-state index in [2.05, 4.69) is 13.0 Å². The maximum Gasteiger partial charge on any atom is 0.155 e. The van der Waals surface area contributed by atoms with E-state index in [-0.39, 0.29) is 11.2 Å². The van der Waals surface area contributed by atoms with Crippen LogP contribution in [0.1, 0.15) is 105 Å². The number of hydrogen-bond acceptors (Lipinski definition) is 2. The van der Waals surface area contributed by atoms with Gasteiger partial charge in [-0.3, -0.25) is 9.59 Å². The lowest BCUT2D eigenvalue weighted by Crippen LogP contribution is -2.19. The Hall–Kier alpha value is -1.18. The highest BCUT2D eigenvalue weighted by molar-refractivity contribution is 5.89. The van der Waals surface area contributed by atoms with Gasteiger partial charge in [0.25, 0.3) is 0 Å². The number of carbonyl (C=O) groups excluding carboxylic acids is 2. The highest BCUT2D eigenvalue weighted by Gasteiger charge is 2.19. The van der Waals surface area contributed by atoms with Crippen LogP contribution < -0.4 is 0 Å². The average Bonchev–Trinajstić information content (AvgIpc) is 2.55. The molecule has 144 valence electrons. The summed E-state index contributed by atoms with van der Waals surface area (Å²) >= 11 is 0. The van der Waals surface area contributed by atoms with E-state index in [1.807, 2.05) is 32.9 Å². The van der Waals surface area contributed by atoms with Gasteiger partial charge in [-0.1, -0.05) is 84.4 Å². The minimum Gasteiger partial charge on any atom is -0.299 e. The van der Waals surface area contributed by atoms with Crippen LogP contribution in [0.2, 0.25) is 0 Å². The Morgan fingerprint density at radius 3 is 2.04 bits per heavy atom. The molecule has 0 atom stereocenters. The van der Waals surface area contributed by atoms with Crippen LogP contribution in [0.5, 0.6) is 0 Å². The molecule has 0 saturated carbocycles. The highest BCUT2D eigenvalue weighted by atomic mass is 16.1. The van der Waals surface area contributed by atoms with Crippen LogP contribution in [0.4, 0.5) is 0 Å². The number of rotatable bonds is 15. The van der Waals surface area contributed by atoms with Gasteiger partial charge in [0, 0.05) is 18.3 Å². The minimum atomic E-state index is -0.202. The molecule has 0 aliphatic heterocycles. The van der Waals surface area contributed by atoms with E-state index in [1.54, 1.807) is 6.08 Å². The number of ketones is 2. The van der Waals surface area contributed by atoms with Crippen LogP contribution in [0.3, 0.4) is 0 Å². The summed E-state index contributed by atoms with van der Waals surface area (Å²) in [5, 5.41) is 0. The van der Waals surface area contributed by atoms with Gasteiger partial charge in [-0.05, 0) is 31.8 Å². The molecule has 2 nitrogen and oxygen atoms in total. The summed E-state index contributed by atoms with van der Waals surface area (Å²) in [5.41, 5.74) is -0.202. The van der Waals surface area contributed by atoms with E-state index < -0.39 is 0 Å². The quantitative estimate of drug-likeness (QED) is 0.182. The van der Waals surface area contributed by atoms with Crippen molar-refractivity contribution in [1.29, 1.82) is 0 Å². The van der Waals surface area contributed by atoms with E-state index in [1.165, 1.54) is 32.1 Å². The van der Waals surface area contributed by atoms with Crippen molar-refractivity contribution in [3.63, 3.8) is 0 Å². The smallest absolute Gasteiger partial charge is 0.155 e. The number of allylic oxidation sites excluding steroid dienone is 4. The van der Waals surface area contributed by atoms with Crippen molar-refractivity contribution in [3.05, 3.63) is 24.3 Å². The monoisotopic (exact) mass is 348 g/mol. The van der Waals surface area contributed by atoms with Crippen LogP contribution in [0, 0.1) is 5.41 Å². The number of Topliss-reactive ketones (excluding diaryl/α,β-unsaturated/α-hetero) is 1. The van der Waals surface area contributed by atoms with Crippen molar-refractivity contribution in [2.45, 2.75) is 105 Å². The zero-order valence-corrected chi connectivity index (χ0v) is 17.1. The number of hydrogen-bond donors (Lipinski definition) is 0. The molecule has 0 N–H and O–H groups in total. The molecule has 0 saturated heterocycles. The van der Waals surface area contributed by atoms with Gasteiger partial charge in [0.1, 0.15) is 5.78 Å². The van der Waals surface area contributed by atoms with Gasteiger partial charge in [0.05, 0.1) is 0 Å². The molecule has 0 heterocycles. The third kappa shape index (κ3) is 16.1. The molecule has 0 aliphatic carbocycles. The first-order valence-electron chi connectivity index (χ1n) is 10.3. The molecule has 0 aliphatic rings. The number of unbranched alkanes of at least 4 members (excludes halogenated alkanes) is 8. The molecule has 0 aromatic heterocycles. The molecular weight excluding hydrogens is 308 g/mol. The first kappa shape index (κ1) is 23.8. The van der Waals surface area contributed by atoms with Crippen LogP contribution in [0.25, 0.3) is 0 Å². The lowest BCUT2D eigenvalue weighted by atomic mass is 9.88. The fourth-order valence-corrected chi connectivity index (χ4v) is 2.60. The van der Waals surface area contributed by atoms with E-state index in [0.29, 0.717) is 18.6 Å². The van der Waals surface area contributed by atoms with Gasteiger partial charge < -0.3 is 0 Å².